The smallest absolute Gasteiger partial charge is 0.262 e. The molecule has 43 heavy (non-hydrogen) atoms. The summed E-state index contributed by atoms with van der Waals surface area (Å²) < 4.78 is 5.94. The summed E-state index contributed by atoms with van der Waals surface area (Å²) in [5.41, 5.74) is 5.48. The van der Waals surface area contributed by atoms with Gasteiger partial charge in [0.1, 0.15) is 23.9 Å². The second-order valence-electron chi connectivity index (χ2n) is 10.5. The van der Waals surface area contributed by atoms with Gasteiger partial charge in [0.15, 0.2) is 0 Å². The van der Waals surface area contributed by atoms with E-state index >= 15 is 0 Å². The second-order valence-corrected chi connectivity index (χ2v) is 10.5. The number of amides is 1. The fourth-order valence-electron chi connectivity index (χ4n) is 5.15. The lowest BCUT2D eigenvalue weighted by Gasteiger charge is -2.24. The average molecular weight is 576 g/mol. The number of pyridine rings is 1. The van der Waals surface area contributed by atoms with Crippen LogP contribution in [0.15, 0.2) is 97.1 Å². The highest BCUT2D eigenvalue weighted by atomic mass is 16.5. The van der Waals surface area contributed by atoms with Crippen LogP contribution < -0.4 is 9.64 Å². The maximum atomic E-state index is 13.8. The van der Waals surface area contributed by atoms with Gasteiger partial charge in [0.25, 0.3) is 5.91 Å². The van der Waals surface area contributed by atoms with Crippen LogP contribution in [0.4, 0.5) is 5.69 Å². The van der Waals surface area contributed by atoms with E-state index in [0.717, 1.165) is 58.7 Å². The number of aromatic nitrogens is 1. The zero-order valence-corrected chi connectivity index (χ0v) is 24.8. The predicted molar refractivity (Wildman–Crippen MR) is 172 cm³/mol. The highest BCUT2D eigenvalue weighted by molar-refractivity contribution is 6.08. The molecule has 0 bridgehead atoms. The molecule has 0 aliphatic heterocycles. The Balaban J connectivity index is 1.41. The third-order valence-corrected chi connectivity index (χ3v) is 7.66. The Morgan fingerprint density at radius 2 is 1.58 bits per heavy atom. The molecule has 0 fully saturated rings. The van der Waals surface area contributed by atoms with Crippen LogP contribution in [0.5, 0.6) is 17.2 Å². The van der Waals surface area contributed by atoms with Gasteiger partial charge >= 0.3 is 0 Å². The van der Waals surface area contributed by atoms with Crippen LogP contribution in [-0.2, 0) is 6.54 Å². The summed E-state index contributed by atoms with van der Waals surface area (Å²) in [5, 5.41) is 21.4. The van der Waals surface area contributed by atoms with Crippen molar-refractivity contribution in [3.63, 3.8) is 0 Å². The molecule has 0 radical (unpaired) electrons. The van der Waals surface area contributed by atoms with Crippen LogP contribution in [0, 0.1) is 6.92 Å². The first-order chi connectivity index (χ1) is 20.9. The highest BCUT2D eigenvalue weighted by Gasteiger charge is 2.22. The number of para-hydroxylation sites is 1. The van der Waals surface area contributed by atoms with Crippen LogP contribution in [0.25, 0.3) is 22.2 Å². The lowest BCUT2D eigenvalue weighted by molar-refractivity contribution is 0.0982. The van der Waals surface area contributed by atoms with E-state index in [-0.39, 0.29) is 29.5 Å². The first kappa shape index (κ1) is 29.6. The number of aryl methyl sites for hydroxylation is 1. The number of phenolic OH excluding ortho intramolecular Hbond substituents is 2. The lowest BCUT2D eigenvalue weighted by atomic mass is 10.0. The number of phenols is 2. The van der Waals surface area contributed by atoms with Gasteiger partial charge in [-0.05, 0) is 79.7 Å². The van der Waals surface area contributed by atoms with E-state index in [1.807, 2.05) is 73.7 Å². The molecule has 220 valence electrons. The normalized spacial score (nSPS) is 11.2. The maximum absolute atomic E-state index is 13.8. The number of carbonyl (C=O) groups is 1. The van der Waals surface area contributed by atoms with Crippen molar-refractivity contribution in [1.29, 1.82) is 0 Å². The first-order valence-electron chi connectivity index (χ1n) is 14.6. The van der Waals surface area contributed by atoms with Gasteiger partial charge in [-0.15, -0.1) is 0 Å². The number of nitrogens with zero attached hydrogens (tertiary/aromatic N) is 3. The molecule has 0 atom stereocenters. The third kappa shape index (κ3) is 6.96. The van der Waals surface area contributed by atoms with E-state index < -0.39 is 0 Å². The van der Waals surface area contributed by atoms with Crippen molar-refractivity contribution in [1.82, 2.24) is 9.88 Å². The maximum Gasteiger partial charge on any atom is 0.262 e. The van der Waals surface area contributed by atoms with Gasteiger partial charge < -0.3 is 24.7 Å². The molecule has 0 aliphatic rings. The molecule has 0 spiro atoms. The standard InChI is InChI=1S/C36H37N3O4/c1-4-38(5-2)20-21-43-31-17-10-26(11-18-31)24-39(36(42)32-19-16-30(40)23-34(32)41)29-14-12-27(13-15-29)35-25(3)22-28-8-6-7-9-33(28)37-35/h6-19,22-23,40-41H,4-5,20-21,24H2,1-3H3. The van der Waals surface area contributed by atoms with Crippen LogP contribution in [0.3, 0.4) is 0 Å². The van der Waals surface area contributed by atoms with E-state index in [1.165, 1.54) is 18.2 Å². The summed E-state index contributed by atoms with van der Waals surface area (Å²) in [5.74, 6) is -0.00303. The van der Waals surface area contributed by atoms with E-state index in [4.69, 9.17) is 9.72 Å². The molecular formula is C36H37N3O4. The van der Waals surface area contributed by atoms with Crippen LogP contribution in [0.1, 0.15) is 35.3 Å². The number of rotatable bonds is 11. The van der Waals surface area contributed by atoms with Gasteiger partial charge in [-0.25, -0.2) is 4.98 Å². The minimum absolute atomic E-state index is 0.102. The molecule has 7 heteroatoms. The Hall–Kier alpha value is -4.88. The van der Waals surface area contributed by atoms with Gasteiger partial charge in [0.2, 0.25) is 0 Å². The number of ether oxygens (including phenoxy) is 1. The van der Waals surface area contributed by atoms with Crippen molar-refractivity contribution in [2.24, 2.45) is 0 Å². The number of hydrogen-bond acceptors (Lipinski definition) is 6. The predicted octanol–water partition coefficient (Wildman–Crippen LogP) is 7.19. The third-order valence-electron chi connectivity index (χ3n) is 7.66. The van der Waals surface area contributed by atoms with Crippen molar-refractivity contribution in [2.45, 2.75) is 27.3 Å². The molecule has 1 heterocycles. The number of fused-ring (bicyclic) bond motifs is 1. The van der Waals surface area contributed by atoms with Crippen molar-refractivity contribution >= 4 is 22.5 Å². The Kier molecular flexibility index (Phi) is 9.23. The molecule has 1 amide bonds. The van der Waals surface area contributed by atoms with Gasteiger partial charge in [-0.2, -0.15) is 0 Å². The molecular weight excluding hydrogens is 538 g/mol. The summed E-state index contributed by atoms with van der Waals surface area (Å²) in [6.45, 7) is 10.0. The molecule has 7 nitrogen and oxygen atoms in total. The Labute approximate surface area is 252 Å². The Morgan fingerprint density at radius 3 is 2.28 bits per heavy atom. The number of likely N-dealkylation sites (N-methyl/N-ethyl adjacent to an activating group) is 1. The molecule has 5 aromatic rings. The topological polar surface area (TPSA) is 86.1 Å². The fraction of sp³-hybridized carbons (Fsp3) is 0.222. The SMILES string of the molecule is CCN(CC)CCOc1ccc(CN(C(=O)c2ccc(O)cc2O)c2ccc(-c3nc4ccccc4cc3C)cc2)cc1. The Bertz CT molecular complexity index is 1700. The van der Waals surface area contributed by atoms with Crippen LogP contribution >= 0.6 is 0 Å². The molecule has 0 saturated heterocycles. The van der Waals surface area contributed by atoms with Crippen molar-refractivity contribution in [3.05, 3.63) is 114 Å². The summed E-state index contributed by atoms with van der Waals surface area (Å²) >= 11 is 0. The van der Waals surface area contributed by atoms with Crippen LogP contribution in [0.2, 0.25) is 0 Å². The number of aromatic hydroxyl groups is 2. The molecule has 5 rings (SSSR count). The summed E-state index contributed by atoms with van der Waals surface area (Å²) in [6.07, 6.45) is 0. The largest absolute Gasteiger partial charge is 0.508 e. The first-order valence-corrected chi connectivity index (χ1v) is 14.6. The van der Waals surface area contributed by atoms with Gasteiger partial charge in [0.05, 0.1) is 23.3 Å². The van der Waals surface area contributed by atoms with E-state index in [2.05, 4.69) is 30.9 Å². The molecule has 4 aromatic carbocycles. The van der Waals surface area contributed by atoms with Crippen molar-refractivity contribution < 1.29 is 19.7 Å². The molecule has 0 aliphatic carbocycles. The minimum atomic E-state index is -0.384. The van der Waals surface area contributed by atoms with Crippen LogP contribution in [-0.4, -0.2) is 52.2 Å². The number of anilines is 1. The molecule has 1 aromatic heterocycles. The van der Waals surface area contributed by atoms with Crippen molar-refractivity contribution in [3.8, 4) is 28.5 Å². The monoisotopic (exact) mass is 575 g/mol. The van der Waals surface area contributed by atoms with Crippen molar-refractivity contribution in [2.75, 3.05) is 31.1 Å². The number of benzene rings is 4. The number of hydrogen-bond donors (Lipinski definition) is 2. The average Bonchev–Trinajstić information content (AvgIpc) is 3.02. The minimum Gasteiger partial charge on any atom is -0.508 e. The van der Waals surface area contributed by atoms with E-state index in [0.29, 0.717) is 12.3 Å². The second kappa shape index (κ2) is 13.4. The summed E-state index contributed by atoms with van der Waals surface area (Å²) in [4.78, 5) is 22.6. The van der Waals surface area contributed by atoms with Gasteiger partial charge in [-0.1, -0.05) is 56.3 Å². The fourth-order valence-corrected chi connectivity index (χ4v) is 5.15. The quantitative estimate of drug-likeness (QED) is 0.173. The van der Waals surface area contributed by atoms with E-state index in [1.54, 1.807) is 4.90 Å². The van der Waals surface area contributed by atoms with Gasteiger partial charge in [-0.3, -0.25) is 4.79 Å². The molecule has 2 N–H and O–H groups in total. The van der Waals surface area contributed by atoms with Gasteiger partial charge in [0, 0.05) is 29.2 Å². The highest BCUT2D eigenvalue weighted by Crippen LogP contribution is 2.31. The lowest BCUT2D eigenvalue weighted by Crippen LogP contribution is -2.30. The zero-order valence-electron chi connectivity index (χ0n) is 24.8. The number of carbonyl (C=O) groups excluding carboxylic acids is 1. The summed E-state index contributed by atoms with van der Waals surface area (Å²) in [7, 11) is 0. The zero-order chi connectivity index (χ0) is 30.3. The summed E-state index contributed by atoms with van der Waals surface area (Å²) in [6, 6.07) is 29.6. The Morgan fingerprint density at radius 1 is 0.860 bits per heavy atom. The van der Waals surface area contributed by atoms with E-state index in [9.17, 15) is 15.0 Å². The molecule has 0 unspecified atom stereocenters. The molecule has 0 saturated carbocycles.